The maximum Gasteiger partial charge on any atom is 0.359 e. The molecular weight excluding hydrogens is 432 g/mol. The molecule has 2 aromatic heterocycles. The Kier molecular flexibility index (Phi) is 6.43. The van der Waals surface area contributed by atoms with Crippen LogP contribution in [0, 0.1) is 0 Å². The highest BCUT2D eigenvalue weighted by Gasteiger charge is 2.40. The Labute approximate surface area is 183 Å². The fourth-order valence-corrected chi connectivity index (χ4v) is 4.15. The largest absolute Gasteiger partial charge is 0.474 e. The summed E-state index contributed by atoms with van der Waals surface area (Å²) in [4.78, 5) is 16.5. The van der Waals surface area contributed by atoms with Crippen LogP contribution in [0.4, 0.5) is 8.78 Å². The second-order valence-corrected chi connectivity index (χ2v) is 8.22. The number of alkyl halides is 2. The summed E-state index contributed by atoms with van der Waals surface area (Å²) >= 11 is 5.86. The van der Waals surface area contributed by atoms with Crippen LogP contribution in [0.3, 0.4) is 0 Å². The normalized spacial score (nSPS) is 22.6. The molecule has 1 aliphatic carbocycles. The monoisotopic (exact) mass is 455 g/mol. The van der Waals surface area contributed by atoms with Gasteiger partial charge in [-0.15, -0.1) is 0 Å². The molecule has 0 bridgehead atoms. The van der Waals surface area contributed by atoms with Crippen molar-refractivity contribution >= 4 is 17.6 Å². The van der Waals surface area contributed by atoms with Gasteiger partial charge in [0.2, 0.25) is 5.88 Å². The molecule has 3 heterocycles. The van der Waals surface area contributed by atoms with E-state index in [0.29, 0.717) is 42.6 Å². The standard InChI is InChI=1S/C21H24ClF2N3O4/c1-2-29-20(28)19-16-10-21(23,24)7-5-17(16)27(26-19)12-15-9-14(6-8-30-15)31-18-4-3-13(22)11-25-18/h3-4,11,14-15H,2,5-10,12H2,1H3/t14-,15-/m0/s1. The van der Waals surface area contributed by atoms with E-state index in [1.807, 2.05) is 0 Å². The molecule has 2 atom stereocenters. The molecule has 168 valence electrons. The van der Waals surface area contributed by atoms with E-state index in [1.54, 1.807) is 23.7 Å². The molecule has 0 spiro atoms. The van der Waals surface area contributed by atoms with E-state index in [0.717, 1.165) is 0 Å². The number of rotatable bonds is 6. The minimum Gasteiger partial charge on any atom is -0.474 e. The number of carbonyl (C=O) groups excluding carboxylic acids is 1. The van der Waals surface area contributed by atoms with Gasteiger partial charge >= 0.3 is 5.97 Å². The van der Waals surface area contributed by atoms with Crippen molar-refractivity contribution in [3.05, 3.63) is 40.3 Å². The number of aromatic nitrogens is 3. The summed E-state index contributed by atoms with van der Waals surface area (Å²) in [5, 5.41) is 4.88. The summed E-state index contributed by atoms with van der Waals surface area (Å²) < 4.78 is 46.5. The fourth-order valence-electron chi connectivity index (χ4n) is 4.04. The van der Waals surface area contributed by atoms with Gasteiger partial charge in [0.15, 0.2) is 5.69 Å². The third kappa shape index (κ3) is 5.15. The highest BCUT2D eigenvalue weighted by atomic mass is 35.5. The summed E-state index contributed by atoms with van der Waals surface area (Å²) in [5.74, 6) is -3.04. The molecule has 2 aliphatic rings. The van der Waals surface area contributed by atoms with Gasteiger partial charge in [-0.3, -0.25) is 4.68 Å². The van der Waals surface area contributed by atoms with Crippen molar-refractivity contribution in [1.82, 2.24) is 14.8 Å². The van der Waals surface area contributed by atoms with Crippen LogP contribution in [0.2, 0.25) is 5.02 Å². The Morgan fingerprint density at radius 1 is 1.42 bits per heavy atom. The summed E-state index contributed by atoms with van der Waals surface area (Å²) in [6.45, 7) is 2.66. The van der Waals surface area contributed by atoms with E-state index in [1.165, 1.54) is 6.20 Å². The maximum atomic E-state index is 14.0. The van der Waals surface area contributed by atoms with E-state index >= 15 is 0 Å². The van der Waals surface area contributed by atoms with E-state index in [4.69, 9.17) is 25.8 Å². The van der Waals surface area contributed by atoms with Crippen LogP contribution in [-0.2, 0) is 28.9 Å². The van der Waals surface area contributed by atoms with Gasteiger partial charge in [-0.1, -0.05) is 11.6 Å². The molecule has 0 N–H and O–H groups in total. The van der Waals surface area contributed by atoms with Gasteiger partial charge in [-0.25, -0.2) is 18.6 Å². The number of fused-ring (bicyclic) bond motifs is 1. The Bertz CT molecular complexity index is 935. The van der Waals surface area contributed by atoms with Crippen LogP contribution in [0.15, 0.2) is 18.3 Å². The first-order valence-corrected chi connectivity index (χ1v) is 10.8. The Morgan fingerprint density at radius 2 is 2.26 bits per heavy atom. The number of nitrogens with zero attached hydrogens (tertiary/aromatic N) is 3. The molecule has 31 heavy (non-hydrogen) atoms. The van der Waals surface area contributed by atoms with Gasteiger partial charge in [-0.05, 0) is 19.4 Å². The summed E-state index contributed by atoms with van der Waals surface area (Å²) in [6, 6.07) is 3.42. The van der Waals surface area contributed by atoms with Gasteiger partial charge in [0, 0.05) is 49.2 Å². The molecule has 1 saturated heterocycles. The van der Waals surface area contributed by atoms with Gasteiger partial charge in [-0.2, -0.15) is 5.10 Å². The van der Waals surface area contributed by atoms with Crippen LogP contribution in [-0.4, -0.2) is 52.1 Å². The van der Waals surface area contributed by atoms with Crippen LogP contribution >= 0.6 is 11.6 Å². The minimum absolute atomic E-state index is 0.0230. The van der Waals surface area contributed by atoms with Crippen LogP contribution in [0.25, 0.3) is 0 Å². The molecule has 1 aliphatic heterocycles. The lowest BCUT2D eigenvalue weighted by Crippen LogP contribution is -2.36. The topological polar surface area (TPSA) is 75.5 Å². The average Bonchev–Trinajstić information content (AvgIpc) is 3.06. The fraction of sp³-hybridized carbons (Fsp3) is 0.571. The zero-order valence-corrected chi connectivity index (χ0v) is 17.9. The van der Waals surface area contributed by atoms with Gasteiger partial charge in [0.05, 0.1) is 30.9 Å². The molecule has 7 nitrogen and oxygen atoms in total. The van der Waals surface area contributed by atoms with Crippen LogP contribution < -0.4 is 4.74 Å². The first-order valence-electron chi connectivity index (χ1n) is 10.4. The molecule has 4 rings (SSSR count). The van der Waals surface area contributed by atoms with E-state index in [2.05, 4.69) is 10.1 Å². The van der Waals surface area contributed by atoms with Gasteiger partial charge in [0.1, 0.15) is 6.10 Å². The van der Waals surface area contributed by atoms with Crippen molar-refractivity contribution < 1.29 is 27.8 Å². The first kappa shape index (κ1) is 22.0. The van der Waals surface area contributed by atoms with E-state index in [9.17, 15) is 13.6 Å². The lowest BCUT2D eigenvalue weighted by molar-refractivity contribution is -0.0450. The van der Waals surface area contributed by atoms with Crippen molar-refractivity contribution in [3.8, 4) is 5.88 Å². The molecule has 0 amide bonds. The Balaban J connectivity index is 1.49. The smallest absolute Gasteiger partial charge is 0.359 e. The molecule has 2 aromatic rings. The van der Waals surface area contributed by atoms with E-state index in [-0.39, 0.29) is 42.9 Å². The van der Waals surface area contributed by atoms with Crippen molar-refractivity contribution in [3.63, 3.8) is 0 Å². The summed E-state index contributed by atoms with van der Waals surface area (Å²) in [6.07, 6.45) is 1.86. The Morgan fingerprint density at radius 3 is 3.00 bits per heavy atom. The summed E-state index contributed by atoms with van der Waals surface area (Å²) in [5.41, 5.74) is 0.911. The quantitative estimate of drug-likeness (QED) is 0.616. The number of pyridine rings is 1. The lowest BCUT2D eigenvalue weighted by Gasteiger charge is -2.30. The average molecular weight is 456 g/mol. The molecule has 0 radical (unpaired) electrons. The van der Waals surface area contributed by atoms with Gasteiger partial charge in [0.25, 0.3) is 5.92 Å². The summed E-state index contributed by atoms with van der Waals surface area (Å²) in [7, 11) is 0. The molecule has 1 fully saturated rings. The number of ether oxygens (including phenoxy) is 3. The first-order chi connectivity index (χ1) is 14.8. The maximum absolute atomic E-state index is 14.0. The van der Waals surface area contributed by atoms with Crippen LogP contribution in [0.5, 0.6) is 5.88 Å². The SMILES string of the molecule is CCOC(=O)c1nn(C[C@@H]2C[C@@H](Oc3ccc(Cl)cn3)CCO2)c2c1CC(F)(F)CC2. The predicted molar refractivity (Wildman–Crippen MR) is 108 cm³/mol. The molecule has 0 saturated carbocycles. The number of carbonyl (C=O) groups is 1. The van der Waals surface area contributed by atoms with Crippen LogP contribution in [0.1, 0.15) is 47.9 Å². The zero-order chi connectivity index (χ0) is 22.0. The molecule has 10 heteroatoms. The van der Waals surface area contributed by atoms with Crippen molar-refractivity contribution in [1.29, 1.82) is 0 Å². The molecular formula is C21H24ClF2N3O4. The molecule has 0 unspecified atom stereocenters. The number of hydrogen-bond donors (Lipinski definition) is 0. The third-order valence-corrected chi connectivity index (χ3v) is 5.71. The third-order valence-electron chi connectivity index (χ3n) is 5.48. The second kappa shape index (κ2) is 9.08. The lowest BCUT2D eigenvalue weighted by atomic mass is 9.92. The van der Waals surface area contributed by atoms with E-state index < -0.39 is 18.3 Å². The highest BCUT2D eigenvalue weighted by Crippen LogP contribution is 2.35. The number of halogens is 3. The minimum atomic E-state index is -2.85. The highest BCUT2D eigenvalue weighted by molar-refractivity contribution is 6.30. The second-order valence-electron chi connectivity index (χ2n) is 7.78. The zero-order valence-electron chi connectivity index (χ0n) is 17.2. The number of hydrogen-bond acceptors (Lipinski definition) is 6. The van der Waals surface area contributed by atoms with Crippen molar-refractivity contribution in [2.45, 2.75) is 63.7 Å². The van der Waals surface area contributed by atoms with Crippen molar-refractivity contribution in [2.24, 2.45) is 0 Å². The van der Waals surface area contributed by atoms with Gasteiger partial charge < -0.3 is 14.2 Å². The van der Waals surface area contributed by atoms with Crippen molar-refractivity contribution in [2.75, 3.05) is 13.2 Å². The molecule has 0 aromatic carbocycles. The Hall–Kier alpha value is -2.26. The predicted octanol–water partition coefficient (Wildman–Crippen LogP) is 3.86. The number of esters is 1.